The van der Waals surface area contributed by atoms with Gasteiger partial charge in [-0.05, 0) is 26.0 Å². The summed E-state index contributed by atoms with van der Waals surface area (Å²) < 4.78 is 20.2. The van der Waals surface area contributed by atoms with Crippen molar-refractivity contribution in [3.63, 3.8) is 0 Å². The van der Waals surface area contributed by atoms with Crippen molar-refractivity contribution in [3.8, 4) is 0 Å². The van der Waals surface area contributed by atoms with Gasteiger partial charge >= 0.3 is 0 Å². The summed E-state index contributed by atoms with van der Waals surface area (Å²) in [6.45, 7) is 6.36. The highest BCUT2D eigenvalue weighted by atomic mass is 32.1. The molecule has 4 nitrogen and oxygen atoms in total. The minimum Gasteiger partial charge on any atom is -0.338 e. The third-order valence-corrected chi connectivity index (χ3v) is 9.85. The lowest BCUT2D eigenvalue weighted by Gasteiger charge is -2.10. The number of thiophene rings is 2. The summed E-state index contributed by atoms with van der Waals surface area (Å²) in [5.74, 6) is 0. The van der Waals surface area contributed by atoms with Gasteiger partial charge in [-0.25, -0.2) is 0 Å². The van der Waals surface area contributed by atoms with Crippen LogP contribution in [0.15, 0.2) is 48.5 Å². The van der Waals surface area contributed by atoms with Crippen molar-refractivity contribution in [3.05, 3.63) is 48.5 Å². The van der Waals surface area contributed by atoms with Crippen LogP contribution in [0, 0.1) is 0 Å². The lowest BCUT2D eigenvalue weighted by molar-refractivity contribution is 0.811. The van der Waals surface area contributed by atoms with Crippen LogP contribution >= 0.6 is 34.4 Å². The van der Waals surface area contributed by atoms with Gasteiger partial charge in [0.05, 0.1) is 43.2 Å². The number of nitrogens with zero attached hydrogens (tertiary/aromatic N) is 4. The molecule has 0 unspecified atom stereocenters. The van der Waals surface area contributed by atoms with E-state index in [0.717, 1.165) is 24.1 Å². The Labute approximate surface area is 200 Å². The average Bonchev–Trinajstić information content (AvgIpc) is 3.62. The van der Waals surface area contributed by atoms with E-state index in [-0.39, 0.29) is 0 Å². The number of rotatable bonds is 2. The fourth-order valence-electron chi connectivity index (χ4n) is 5.73. The molecule has 3 aromatic carbocycles. The molecule has 8 aromatic rings. The van der Waals surface area contributed by atoms with Gasteiger partial charge in [-0.3, -0.25) is 0 Å². The highest BCUT2D eigenvalue weighted by Gasteiger charge is 2.27. The van der Waals surface area contributed by atoms with Crippen LogP contribution in [0.3, 0.4) is 0 Å². The van der Waals surface area contributed by atoms with E-state index in [0.29, 0.717) is 0 Å². The van der Waals surface area contributed by atoms with Gasteiger partial charge in [0.1, 0.15) is 11.0 Å². The fraction of sp³-hybridized carbons (Fsp3) is 0.154. The SMILES string of the molecule is CCn1c2c3ccccc3sc2c2c3nsnc3c3c4sc5ccccc5c4n(CC)c3c21. The van der Waals surface area contributed by atoms with Gasteiger partial charge in [0.2, 0.25) is 0 Å². The van der Waals surface area contributed by atoms with E-state index in [1.165, 1.54) is 74.1 Å². The second-order valence-corrected chi connectivity index (χ2v) is 11.1. The molecule has 5 heterocycles. The van der Waals surface area contributed by atoms with Gasteiger partial charge in [0.15, 0.2) is 0 Å². The van der Waals surface area contributed by atoms with E-state index < -0.39 is 0 Å². The molecule has 0 saturated heterocycles. The zero-order chi connectivity index (χ0) is 21.8. The fourth-order valence-corrected chi connectivity index (χ4v) is 8.79. The van der Waals surface area contributed by atoms with Gasteiger partial charge < -0.3 is 9.13 Å². The van der Waals surface area contributed by atoms with Crippen molar-refractivity contribution < 1.29 is 0 Å². The third-order valence-electron chi connectivity index (χ3n) is 6.96. The van der Waals surface area contributed by atoms with Crippen LogP contribution in [0.1, 0.15) is 13.8 Å². The molecule has 0 saturated carbocycles. The first kappa shape index (κ1) is 18.4. The van der Waals surface area contributed by atoms with Crippen LogP contribution < -0.4 is 0 Å². The molecule has 0 amide bonds. The predicted octanol–water partition coefficient (Wildman–Crippen LogP) is 8.38. The van der Waals surface area contributed by atoms with Crippen molar-refractivity contribution in [2.75, 3.05) is 0 Å². The summed E-state index contributed by atoms with van der Waals surface area (Å²) in [6.07, 6.45) is 0. The molecule has 0 radical (unpaired) electrons. The molecule has 7 heteroatoms. The number of benzene rings is 3. The molecular weight excluding hydrogens is 465 g/mol. The normalized spacial score (nSPS) is 12.8. The van der Waals surface area contributed by atoms with Crippen LogP contribution in [-0.2, 0) is 13.1 Å². The van der Waals surface area contributed by atoms with Gasteiger partial charge in [-0.15, -0.1) is 22.7 Å². The van der Waals surface area contributed by atoms with Crippen molar-refractivity contribution in [1.82, 2.24) is 17.9 Å². The Kier molecular flexibility index (Phi) is 3.53. The van der Waals surface area contributed by atoms with E-state index in [2.05, 4.69) is 71.5 Å². The molecule has 0 bridgehead atoms. The first-order valence-electron chi connectivity index (χ1n) is 11.2. The first-order chi connectivity index (χ1) is 16.3. The number of aryl methyl sites for hydroxylation is 2. The quantitative estimate of drug-likeness (QED) is 0.248. The standard InChI is InChI=1S/C26H18N4S3/c1-3-29-21-13-9-5-7-11-15(13)31-25(21)17-19-20(28-33-27-19)18-24(23(17)29)30(4-2)22-14-10-6-8-12-16(14)32-26(18)22/h5-12H,3-4H2,1-2H3. The number of hydrogen-bond acceptors (Lipinski definition) is 5. The van der Waals surface area contributed by atoms with E-state index >= 15 is 0 Å². The molecule has 0 atom stereocenters. The Bertz CT molecular complexity index is 1910. The van der Waals surface area contributed by atoms with Crippen LogP contribution in [0.5, 0.6) is 0 Å². The molecule has 33 heavy (non-hydrogen) atoms. The summed E-state index contributed by atoms with van der Waals surface area (Å²) >= 11 is 5.11. The Balaban J connectivity index is 1.77. The van der Waals surface area contributed by atoms with E-state index in [1.807, 2.05) is 22.7 Å². The van der Waals surface area contributed by atoms with E-state index in [1.54, 1.807) is 0 Å². The molecule has 0 aliphatic carbocycles. The van der Waals surface area contributed by atoms with Crippen molar-refractivity contribution in [2.24, 2.45) is 0 Å². The number of aromatic nitrogens is 4. The van der Waals surface area contributed by atoms with Crippen LogP contribution in [0.2, 0.25) is 0 Å². The van der Waals surface area contributed by atoms with Crippen molar-refractivity contribution in [2.45, 2.75) is 26.9 Å². The van der Waals surface area contributed by atoms with Gasteiger partial charge in [0, 0.05) is 44.0 Å². The summed E-state index contributed by atoms with van der Waals surface area (Å²) in [6, 6.07) is 17.6. The Morgan fingerprint density at radius 2 is 1.09 bits per heavy atom. The molecule has 5 aromatic heterocycles. The zero-order valence-electron chi connectivity index (χ0n) is 18.0. The molecule has 8 rings (SSSR count). The molecule has 0 aliphatic rings. The van der Waals surface area contributed by atoms with E-state index in [9.17, 15) is 0 Å². The summed E-state index contributed by atoms with van der Waals surface area (Å²) in [4.78, 5) is 0. The van der Waals surface area contributed by atoms with Crippen LogP contribution in [0.25, 0.3) is 73.4 Å². The largest absolute Gasteiger partial charge is 0.338 e. The molecule has 0 spiro atoms. The second-order valence-electron chi connectivity index (χ2n) is 8.45. The maximum absolute atomic E-state index is 4.88. The molecule has 0 N–H and O–H groups in total. The maximum Gasteiger partial charge on any atom is 0.116 e. The number of hydrogen-bond donors (Lipinski definition) is 0. The average molecular weight is 483 g/mol. The highest BCUT2D eigenvalue weighted by Crippen LogP contribution is 2.50. The third kappa shape index (κ3) is 2.07. The lowest BCUT2D eigenvalue weighted by Crippen LogP contribution is -1.99. The Morgan fingerprint density at radius 3 is 1.55 bits per heavy atom. The van der Waals surface area contributed by atoms with Gasteiger partial charge in [-0.1, -0.05) is 36.4 Å². The summed E-state index contributed by atoms with van der Waals surface area (Å²) in [5, 5.41) is 5.21. The molecule has 0 fully saturated rings. The minimum atomic E-state index is 0.919. The summed E-state index contributed by atoms with van der Waals surface area (Å²) in [5.41, 5.74) is 7.42. The smallest absolute Gasteiger partial charge is 0.116 e. The van der Waals surface area contributed by atoms with Gasteiger partial charge in [0.25, 0.3) is 0 Å². The van der Waals surface area contributed by atoms with Crippen molar-refractivity contribution >= 4 is 108 Å². The van der Waals surface area contributed by atoms with Crippen LogP contribution in [0.4, 0.5) is 0 Å². The second kappa shape index (κ2) is 6.32. The molecule has 160 valence electrons. The lowest BCUT2D eigenvalue weighted by atomic mass is 10.1. The monoisotopic (exact) mass is 482 g/mol. The predicted molar refractivity (Wildman–Crippen MR) is 146 cm³/mol. The van der Waals surface area contributed by atoms with E-state index in [4.69, 9.17) is 8.75 Å². The molecular formula is C26H18N4S3. The maximum atomic E-state index is 4.88. The highest BCUT2D eigenvalue weighted by molar-refractivity contribution is 7.27. The van der Waals surface area contributed by atoms with Gasteiger partial charge in [-0.2, -0.15) is 8.75 Å². The summed E-state index contributed by atoms with van der Waals surface area (Å²) in [7, 11) is 0. The topological polar surface area (TPSA) is 35.6 Å². The Hall–Kier alpha value is -3.00. The zero-order valence-corrected chi connectivity index (χ0v) is 20.5. The Morgan fingerprint density at radius 1 is 0.636 bits per heavy atom. The number of fused-ring (bicyclic) bond motifs is 14. The first-order valence-corrected chi connectivity index (χ1v) is 13.6. The minimum absolute atomic E-state index is 0.919. The van der Waals surface area contributed by atoms with Crippen molar-refractivity contribution in [1.29, 1.82) is 0 Å². The molecule has 0 aliphatic heterocycles. The van der Waals surface area contributed by atoms with Crippen LogP contribution in [-0.4, -0.2) is 17.9 Å².